The van der Waals surface area contributed by atoms with Crippen LogP contribution in [0, 0.1) is 0 Å². The highest BCUT2D eigenvalue weighted by atomic mass is 32.2. The summed E-state index contributed by atoms with van der Waals surface area (Å²) in [7, 11) is 0. The second kappa shape index (κ2) is 7.35. The predicted molar refractivity (Wildman–Crippen MR) is 93.8 cm³/mol. The number of nitrogens with one attached hydrogen (secondary N) is 1. The molecule has 0 saturated carbocycles. The summed E-state index contributed by atoms with van der Waals surface area (Å²) in [6, 6.07) is 13.1. The SMILES string of the molecule is CCn1c(SC(C)C(=O)Nc2ccccc2)nnc1-c1ccco1. The topological polar surface area (TPSA) is 73.0 Å². The molecule has 0 aliphatic heterocycles. The largest absolute Gasteiger partial charge is 0.461 e. The van der Waals surface area contributed by atoms with Crippen LogP contribution in [0.25, 0.3) is 11.6 Å². The van der Waals surface area contributed by atoms with E-state index in [1.165, 1.54) is 11.8 Å². The Labute approximate surface area is 144 Å². The molecule has 1 aromatic carbocycles. The summed E-state index contributed by atoms with van der Waals surface area (Å²) in [6.45, 7) is 4.55. The molecule has 2 aromatic heterocycles. The Hall–Kier alpha value is -2.54. The molecule has 1 atom stereocenters. The van der Waals surface area contributed by atoms with E-state index in [1.807, 2.05) is 60.9 Å². The van der Waals surface area contributed by atoms with Gasteiger partial charge in [0, 0.05) is 12.2 Å². The Balaban J connectivity index is 1.72. The minimum Gasteiger partial charge on any atom is -0.461 e. The number of carbonyl (C=O) groups excluding carboxylic acids is 1. The van der Waals surface area contributed by atoms with Crippen LogP contribution in [0.1, 0.15) is 13.8 Å². The van der Waals surface area contributed by atoms with Crippen molar-refractivity contribution >= 4 is 23.4 Å². The number of benzene rings is 1. The summed E-state index contributed by atoms with van der Waals surface area (Å²) in [6.07, 6.45) is 1.60. The standard InChI is InChI=1S/C17H18N4O2S/c1-3-21-15(14-10-7-11-23-14)19-20-17(21)24-12(2)16(22)18-13-8-5-4-6-9-13/h4-12H,3H2,1-2H3,(H,18,22). The van der Waals surface area contributed by atoms with Crippen LogP contribution in [0.2, 0.25) is 0 Å². The third-order valence-electron chi connectivity index (χ3n) is 3.47. The molecule has 0 saturated heterocycles. The zero-order valence-electron chi connectivity index (χ0n) is 13.5. The van der Waals surface area contributed by atoms with E-state index < -0.39 is 0 Å². The Bertz CT molecular complexity index is 799. The highest BCUT2D eigenvalue weighted by Gasteiger charge is 2.21. The monoisotopic (exact) mass is 342 g/mol. The second-order valence-corrected chi connectivity index (χ2v) is 6.45. The molecule has 124 valence electrons. The third kappa shape index (κ3) is 3.51. The molecular formula is C17H18N4O2S. The number of carbonyl (C=O) groups is 1. The van der Waals surface area contributed by atoms with Crippen LogP contribution < -0.4 is 5.32 Å². The number of amides is 1. The van der Waals surface area contributed by atoms with Gasteiger partial charge in [-0.05, 0) is 38.1 Å². The van der Waals surface area contributed by atoms with Gasteiger partial charge in [0.05, 0.1) is 11.5 Å². The Morgan fingerprint density at radius 2 is 2.04 bits per heavy atom. The molecule has 0 fully saturated rings. The maximum absolute atomic E-state index is 12.3. The van der Waals surface area contributed by atoms with E-state index >= 15 is 0 Å². The average molecular weight is 342 g/mol. The first kappa shape index (κ1) is 16.3. The van der Waals surface area contributed by atoms with E-state index in [-0.39, 0.29) is 11.2 Å². The molecule has 24 heavy (non-hydrogen) atoms. The van der Waals surface area contributed by atoms with Gasteiger partial charge < -0.3 is 9.73 Å². The summed E-state index contributed by atoms with van der Waals surface area (Å²) in [5, 5.41) is 11.7. The minimum absolute atomic E-state index is 0.0728. The molecule has 3 aromatic rings. The molecular weight excluding hydrogens is 324 g/mol. The number of furan rings is 1. The molecule has 7 heteroatoms. The molecule has 0 radical (unpaired) electrons. The van der Waals surface area contributed by atoms with E-state index in [9.17, 15) is 4.79 Å². The Kier molecular flexibility index (Phi) is 5.00. The van der Waals surface area contributed by atoms with E-state index in [0.717, 1.165) is 5.69 Å². The van der Waals surface area contributed by atoms with Crippen LogP contribution in [0.4, 0.5) is 5.69 Å². The van der Waals surface area contributed by atoms with Gasteiger partial charge >= 0.3 is 0 Å². The predicted octanol–water partition coefficient (Wildman–Crippen LogP) is 3.68. The van der Waals surface area contributed by atoms with Gasteiger partial charge in [-0.25, -0.2) is 0 Å². The van der Waals surface area contributed by atoms with Gasteiger partial charge in [-0.1, -0.05) is 30.0 Å². The molecule has 0 spiro atoms. The van der Waals surface area contributed by atoms with Crippen molar-refractivity contribution in [3.05, 3.63) is 48.7 Å². The Morgan fingerprint density at radius 1 is 1.25 bits per heavy atom. The Morgan fingerprint density at radius 3 is 2.71 bits per heavy atom. The lowest BCUT2D eigenvalue weighted by atomic mass is 10.3. The zero-order valence-corrected chi connectivity index (χ0v) is 14.3. The van der Waals surface area contributed by atoms with Crippen molar-refractivity contribution < 1.29 is 9.21 Å². The molecule has 6 nitrogen and oxygen atoms in total. The minimum atomic E-state index is -0.302. The van der Waals surface area contributed by atoms with Crippen LogP contribution >= 0.6 is 11.8 Å². The molecule has 1 unspecified atom stereocenters. The lowest BCUT2D eigenvalue weighted by molar-refractivity contribution is -0.115. The average Bonchev–Trinajstić information content (AvgIpc) is 3.24. The van der Waals surface area contributed by atoms with Crippen molar-refractivity contribution in [3.63, 3.8) is 0 Å². The van der Waals surface area contributed by atoms with Crippen LogP contribution in [-0.4, -0.2) is 25.9 Å². The molecule has 1 amide bonds. The number of nitrogens with zero attached hydrogens (tertiary/aromatic N) is 3. The number of aromatic nitrogens is 3. The van der Waals surface area contributed by atoms with Gasteiger partial charge in [0.2, 0.25) is 5.91 Å². The molecule has 0 bridgehead atoms. The van der Waals surface area contributed by atoms with Crippen molar-refractivity contribution in [2.24, 2.45) is 0 Å². The zero-order chi connectivity index (χ0) is 16.9. The van der Waals surface area contributed by atoms with Gasteiger partial charge in [-0.15, -0.1) is 10.2 Å². The van der Waals surface area contributed by atoms with Crippen molar-refractivity contribution in [2.45, 2.75) is 30.8 Å². The molecule has 3 rings (SSSR count). The first-order chi connectivity index (χ1) is 11.7. The fourth-order valence-corrected chi connectivity index (χ4v) is 3.14. The van der Waals surface area contributed by atoms with Crippen molar-refractivity contribution in [2.75, 3.05) is 5.32 Å². The van der Waals surface area contributed by atoms with E-state index in [1.54, 1.807) is 6.26 Å². The lowest BCUT2D eigenvalue weighted by Crippen LogP contribution is -2.22. The summed E-state index contributed by atoms with van der Waals surface area (Å²) in [5.74, 6) is 1.26. The highest BCUT2D eigenvalue weighted by molar-refractivity contribution is 8.00. The molecule has 2 heterocycles. The summed E-state index contributed by atoms with van der Waals surface area (Å²) in [4.78, 5) is 12.3. The highest BCUT2D eigenvalue weighted by Crippen LogP contribution is 2.27. The van der Waals surface area contributed by atoms with E-state index in [0.29, 0.717) is 23.3 Å². The van der Waals surface area contributed by atoms with Crippen molar-refractivity contribution in [1.82, 2.24) is 14.8 Å². The normalized spacial score (nSPS) is 12.1. The lowest BCUT2D eigenvalue weighted by Gasteiger charge is -2.12. The second-order valence-electron chi connectivity index (χ2n) is 5.14. The number of hydrogen-bond donors (Lipinski definition) is 1. The third-order valence-corrected chi connectivity index (χ3v) is 4.55. The van der Waals surface area contributed by atoms with Crippen LogP contribution in [-0.2, 0) is 11.3 Å². The van der Waals surface area contributed by atoms with Crippen molar-refractivity contribution in [3.8, 4) is 11.6 Å². The molecule has 0 aliphatic rings. The fraction of sp³-hybridized carbons (Fsp3) is 0.235. The number of thioether (sulfide) groups is 1. The summed E-state index contributed by atoms with van der Waals surface area (Å²) >= 11 is 1.38. The maximum atomic E-state index is 12.3. The first-order valence-corrected chi connectivity index (χ1v) is 8.56. The maximum Gasteiger partial charge on any atom is 0.237 e. The van der Waals surface area contributed by atoms with Crippen LogP contribution in [0.3, 0.4) is 0 Å². The fourth-order valence-electron chi connectivity index (χ4n) is 2.23. The van der Waals surface area contributed by atoms with E-state index in [4.69, 9.17) is 4.42 Å². The van der Waals surface area contributed by atoms with Crippen molar-refractivity contribution in [1.29, 1.82) is 0 Å². The van der Waals surface area contributed by atoms with Gasteiger partial charge in [0.1, 0.15) is 0 Å². The first-order valence-electron chi connectivity index (χ1n) is 7.68. The number of hydrogen-bond acceptors (Lipinski definition) is 5. The van der Waals surface area contributed by atoms with Gasteiger partial charge in [0.15, 0.2) is 16.7 Å². The van der Waals surface area contributed by atoms with Crippen LogP contribution in [0.15, 0.2) is 58.3 Å². The molecule has 1 N–H and O–H groups in total. The molecule has 0 aliphatic carbocycles. The van der Waals surface area contributed by atoms with Gasteiger partial charge in [0.25, 0.3) is 0 Å². The summed E-state index contributed by atoms with van der Waals surface area (Å²) < 4.78 is 7.34. The number of rotatable bonds is 6. The van der Waals surface area contributed by atoms with E-state index in [2.05, 4.69) is 15.5 Å². The van der Waals surface area contributed by atoms with Gasteiger partial charge in [-0.2, -0.15) is 0 Å². The quantitative estimate of drug-likeness (QED) is 0.692. The number of para-hydroxylation sites is 1. The smallest absolute Gasteiger partial charge is 0.237 e. The van der Waals surface area contributed by atoms with Crippen LogP contribution in [0.5, 0.6) is 0 Å². The summed E-state index contributed by atoms with van der Waals surface area (Å²) in [5.41, 5.74) is 0.781. The van der Waals surface area contributed by atoms with Gasteiger partial charge in [-0.3, -0.25) is 9.36 Å². The number of anilines is 1.